The van der Waals surface area contributed by atoms with E-state index < -0.39 is 11.7 Å². The number of benzene rings is 6. The first kappa shape index (κ1) is 53.5. The number of hydrogen-bond acceptors (Lipinski definition) is 11. The van der Waals surface area contributed by atoms with Gasteiger partial charge in [-0.15, -0.1) is 0 Å². The summed E-state index contributed by atoms with van der Waals surface area (Å²) in [7, 11) is 0. The lowest BCUT2D eigenvalue weighted by molar-refractivity contribution is 0.0361. The zero-order valence-electron chi connectivity index (χ0n) is 45.8. The van der Waals surface area contributed by atoms with Crippen molar-refractivity contribution in [3.05, 3.63) is 167 Å². The zero-order chi connectivity index (χ0) is 54.5. The molecule has 2 saturated carbocycles. The average molecular weight is 1060 g/mol. The van der Waals surface area contributed by atoms with Gasteiger partial charge in [-0.1, -0.05) is 72.8 Å². The number of hydrogen-bond donors (Lipinski definition) is 2. The number of aromatic nitrogens is 4. The molecule has 12 rings (SSSR count). The van der Waals surface area contributed by atoms with Crippen LogP contribution < -0.4 is 11.1 Å². The lowest BCUT2D eigenvalue weighted by Gasteiger charge is -2.26. The minimum Gasteiger partial charge on any atom is -0.444 e. The van der Waals surface area contributed by atoms with Crippen molar-refractivity contribution >= 4 is 50.8 Å². The Balaban J connectivity index is 0.000000170. The molecule has 2 aliphatic heterocycles. The maximum atomic E-state index is 13.9. The number of ketones is 2. The average Bonchev–Trinajstić information content (AvgIpc) is 4.61. The highest BCUT2D eigenvalue weighted by molar-refractivity contribution is 6.03. The van der Waals surface area contributed by atoms with Crippen LogP contribution in [0, 0.1) is 0 Å². The molecule has 2 saturated heterocycles. The number of nitrogens with one attached hydrogen (secondary N) is 1. The molecule has 4 aliphatic rings. The monoisotopic (exact) mass is 1060 g/mol. The Morgan fingerprint density at radius 1 is 0.570 bits per heavy atom. The number of fused-ring (bicyclic) bond motifs is 2. The van der Waals surface area contributed by atoms with Crippen LogP contribution in [0.1, 0.15) is 101 Å². The van der Waals surface area contributed by atoms with Crippen LogP contribution >= 0.6 is 0 Å². The third kappa shape index (κ3) is 13.3. The quantitative estimate of drug-likeness (QED) is 0.0660. The molecule has 79 heavy (non-hydrogen) atoms. The first-order chi connectivity index (χ1) is 38.4. The lowest BCUT2D eigenvalue weighted by Crippen LogP contribution is -2.38. The van der Waals surface area contributed by atoms with Crippen molar-refractivity contribution in [3.8, 4) is 22.3 Å². The molecule has 0 atom stereocenters. The van der Waals surface area contributed by atoms with Crippen LogP contribution in [0.2, 0.25) is 0 Å². The summed E-state index contributed by atoms with van der Waals surface area (Å²) in [5, 5.41) is 14.4. The first-order valence-electron chi connectivity index (χ1n) is 28.2. The molecular formula is C65H72N8O6. The first-order valence-corrected chi connectivity index (χ1v) is 28.2. The fraction of sp³-hybridized carbons (Fsp3) is 0.369. The molecule has 0 radical (unpaired) electrons. The fourth-order valence-corrected chi connectivity index (χ4v) is 10.9. The highest BCUT2D eigenvalue weighted by Crippen LogP contribution is 2.45. The Labute approximate surface area is 462 Å². The Kier molecular flexibility index (Phi) is 16.2. The van der Waals surface area contributed by atoms with E-state index in [2.05, 4.69) is 48.7 Å². The van der Waals surface area contributed by atoms with Crippen molar-refractivity contribution in [2.24, 2.45) is 0 Å². The minimum absolute atomic E-state index is 0.00215. The van der Waals surface area contributed by atoms with Gasteiger partial charge in [-0.3, -0.25) is 34.1 Å². The van der Waals surface area contributed by atoms with Crippen molar-refractivity contribution in [1.29, 1.82) is 0 Å². The molecule has 1 amide bonds. The van der Waals surface area contributed by atoms with Crippen molar-refractivity contribution < 1.29 is 28.6 Å². The second kappa shape index (κ2) is 23.9. The Bertz CT molecular complexity index is 3450. The largest absolute Gasteiger partial charge is 0.444 e. The third-order valence-electron chi connectivity index (χ3n) is 15.5. The van der Waals surface area contributed by atoms with Crippen LogP contribution in [0.25, 0.3) is 44.1 Å². The summed E-state index contributed by atoms with van der Waals surface area (Å²) < 4.78 is 20.7. The van der Waals surface area contributed by atoms with Crippen LogP contribution in [0.3, 0.4) is 0 Å². The van der Waals surface area contributed by atoms with Crippen LogP contribution in [-0.2, 0) is 40.1 Å². The standard InChI is InChI=1S/C35H40N4O4.C30H32N4O2/c1-35(2,3)43-34(41)37-31-12-11-26(24-7-5-4-6-8-24)19-27(31)22-32(40)28-20-29-23-36-39(14-13-38-15-17-42-18-16-38)33(29)30(21-28)25-9-10-25;31-28-9-8-23(21-4-2-1-3-5-21)16-24(28)19-29(35)25-17-26-20-32-34(11-10-33-12-14-36-15-13-33)30(26)27(18-25)22-6-7-22/h4-8,11-12,19-21,23,25H,9-10,13-18,22H2,1-3H3,(H,37,41);1-5,8-9,16-18,20,22H,6-7,10-15,19,31H2. The predicted octanol–water partition coefficient (Wildman–Crippen LogP) is 11.6. The van der Waals surface area contributed by atoms with Gasteiger partial charge in [0.05, 0.1) is 62.9 Å². The van der Waals surface area contributed by atoms with Crippen molar-refractivity contribution in [2.45, 2.75) is 89.8 Å². The number of ether oxygens (including phenoxy) is 3. The van der Waals surface area contributed by atoms with Crippen LogP contribution in [0.15, 0.2) is 134 Å². The molecule has 14 nitrogen and oxygen atoms in total. The fourth-order valence-electron chi connectivity index (χ4n) is 10.9. The van der Waals surface area contributed by atoms with Crippen LogP contribution in [0.4, 0.5) is 16.2 Å². The van der Waals surface area contributed by atoms with Gasteiger partial charge in [0.1, 0.15) is 5.60 Å². The number of Topliss-reactive ketones (excluding diaryl/α,β-unsaturated/α-hetero) is 2. The van der Waals surface area contributed by atoms with E-state index in [9.17, 15) is 14.4 Å². The van der Waals surface area contributed by atoms with Gasteiger partial charge in [0.15, 0.2) is 11.6 Å². The van der Waals surface area contributed by atoms with E-state index in [1.807, 2.05) is 130 Å². The molecular weight excluding hydrogens is 989 g/mol. The number of nitrogen functional groups attached to an aromatic ring is 1. The summed E-state index contributed by atoms with van der Waals surface area (Å²) in [6, 6.07) is 40.2. The molecule has 2 aromatic heterocycles. The number of rotatable bonds is 17. The van der Waals surface area contributed by atoms with Gasteiger partial charge in [-0.05, 0) is 151 Å². The summed E-state index contributed by atoms with van der Waals surface area (Å²) in [5.74, 6) is 1.07. The second-order valence-electron chi connectivity index (χ2n) is 22.5. The maximum Gasteiger partial charge on any atom is 0.412 e. The molecule has 2 aliphatic carbocycles. The Morgan fingerprint density at radius 2 is 1.03 bits per heavy atom. The molecule has 0 bridgehead atoms. The summed E-state index contributed by atoms with van der Waals surface area (Å²) in [5.41, 5.74) is 19.0. The molecule has 14 heteroatoms. The summed E-state index contributed by atoms with van der Waals surface area (Å²) in [6.45, 7) is 16.0. The SMILES string of the molecule is CC(C)(C)OC(=O)Nc1ccc(-c2ccccc2)cc1CC(=O)c1cc(C2CC2)c2c(cnn2CCN2CCOCC2)c1.Nc1ccc(-c2ccccc2)cc1CC(=O)c1cc(C2CC2)c2c(cnn2CCN2CCOCC2)c1. The molecule has 6 aromatic carbocycles. The van der Waals surface area contributed by atoms with E-state index in [0.717, 1.165) is 147 Å². The highest BCUT2D eigenvalue weighted by Gasteiger charge is 2.31. The number of morpholine rings is 2. The van der Waals surface area contributed by atoms with E-state index in [1.54, 1.807) is 0 Å². The Hall–Kier alpha value is -7.49. The summed E-state index contributed by atoms with van der Waals surface area (Å²) in [4.78, 5) is 44.9. The molecule has 408 valence electrons. The van der Waals surface area contributed by atoms with E-state index in [-0.39, 0.29) is 24.4 Å². The Morgan fingerprint density at radius 3 is 1.49 bits per heavy atom. The number of nitrogens with zero attached hydrogens (tertiary/aromatic N) is 6. The van der Waals surface area contributed by atoms with E-state index >= 15 is 0 Å². The second-order valence-corrected chi connectivity index (χ2v) is 22.5. The minimum atomic E-state index is -0.634. The van der Waals surface area contributed by atoms with Gasteiger partial charge >= 0.3 is 6.09 Å². The normalized spacial score (nSPS) is 16.1. The lowest BCUT2D eigenvalue weighted by atomic mass is 9.94. The van der Waals surface area contributed by atoms with Gasteiger partial charge in [0.2, 0.25) is 0 Å². The van der Waals surface area contributed by atoms with Crippen molar-refractivity contribution in [1.82, 2.24) is 29.4 Å². The predicted molar refractivity (Wildman–Crippen MR) is 312 cm³/mol. The molecule has 4 heterocycles. The number of carbonyl (C=O) groups is 3. The molecule has 0 unspecified atom stereocenters. The van der Waals surface area contributed by atoms with Gasteiger partial charge in [-0.2, -0.15) is 10.2 Å². The smallest absolute Gasteiger partial charge is 0.412 e. The van der Waals surface area contributed by atoms with E-state index in [0.29, 0.717) is 28.8 Å². The number of carbonyl (C=O) groups excluding carboxylic acids is 3. The van der Waals surface area contributed by atoms with Gasteiger partial charge in [-0.25, -0.2) is 4.79 Å². The number of nitrogens with two attached hydrogens (primary N) is 1. The number of anilines is 2. The van der Waals surface area contributed by atoms with E-state index in [4.69, 9.17) is 30.1 Å². The maximum absolute atomic E-state index is 13.9. The van der Waals surface area contributed by atoms with E-state index in [1.165, 1.54) is 29.5 Å². The van der Waals surface area contributed by atoms with Crippen LogP contribution in [0.5, 0.6) is 0 Å². The van der Waals surface area contributed by atoms with Gasteiger partial charge < -0.3 is 19.9 Å². The third-order valence-corrected chi connectivity index (χ3v) is 15.5. The summed E-state index contributed by atoms with van der Waals surface area (Å²) in [6.07, 6.45) is 8.30. The molecule has 8 aromatic rings. The van der Waals surface area contributed by atoms with Gasteiger partial charge in [0.25, 0.3) is 0 Å². The molecule has 4 fully saturated rings. The van der Waals surface area contributed by atoms with Crippen molar-refractivity contribution in [3.63, 3.8) is 0 Å². The molecule has 0 spiro atoms. The highest BCUT2D eigenvalue weighted by atomic mass is 16.6. The number of amides is 1. The zero-order valence-corrected chi connectivity index (χ0v) is 45.8. The van der Waals surface area contributed by atoms with Gasteiger partial charge in [0, 0.05) is 85.4 Å². The topological polar surface area (TPSA) is 159 Å². The van der Waals surface area contributed by atoms with Crippen LogP contribution in [-0.4, -0.2) is 118 Å². The summed E-state index contributed by atoms with van der Waals surface area (Å²) >= 11 is 0. The molecule has 3 N–H and O–H groups in total. The van der Waals surface area contributed by atoms with Crippen molar-refractivity contribution in [2.75, 3.05) is 76.7 Å².